The average Bonchev–Trinajstić information content (AvgIpc) is 3.53. The summed E-state index contributed by atoms with van der Waals surface area (Å²) >= 11 is 0. The first-order valence-electron chi connectivity index (χ1n) is 36.6. The van der Waals surface area contributed by atoms with Crippen molar-refractivity contribution in [1.29, 1.82) is 0 Å². The van der Waals surface area contributed by atoms with Crippen LogP contribution in [0.1, 0.15) is 361 Å². The highest BCUT2D eigenvalue weighted by molar-refractivity contribution is 7.42. The van der Waals surface area contributed by atoms with Crippen molar-refractivity contribution in [2.75, 3.05) is 13.2 Å². The number of aryl methyl sites for hydroxylation is 2. The first-order chi connectivity index (χ1) is 40.8. The molecule has 0 aromatic heterocycles. The molecule has 0 saturated heterocycles. The van der Waals surface area contributed by atoms with Gasteiger partial charge in [0.25, 0.3) is 0 Å². The molecule has 4 rings (SSSR count). The van der Waals surface area contributed by atoms with Crippen LogP contribution < -0.4 is 9.05 Å². The lowest BCUT2D eigenvalue weighted by Crippen LogP contribution is -2.38. The third kappa shape index (κ3) is 36.7. The van der Waals surface area contributed by atoms with Gasteiger partial charge < -0.3 is 18.1 Å². The Hall–Kier alpha value is -1.26. The minimum atomic E-state index is -1.47. The number of hydrogen-bond acceptors (Lipinski definition) is 6. The molecule has 2 aromatic carbocycles. The highest BCUT2D eigenvalue weighted by atomic mass is 31.2. The summed E-state index contributed by atoms with van der Waals surface area (Å²) in [5.41, 5.74) is 3.00. The van der Waals surface area contributed by atoms with Crippen LogP contribution in [-0.4, -0.2) is 25.4 Å². The van der Waals surface area contributed by atoms with Gasteiger partial charge in [-0.1, -0.05) is 297 Å². The average molecular weight is 1190 g/mol. The Bertz CT molecular complexity index is 1620. The summed E-state index contributed by atoms with van der Waals surface area (Å²) in [5, 5.41) is 0. The normalized spacial score (nSPS) is 18.4. The molecule has 2 aliphatic carbocycles. The Morgan fingerprint density at radius 1 is 0.337 bits per heavy atom. The summed E-state index contributed by atoms with van der Waals surface area (Å²) < 4.78 is 40.4. The van der Waals surface area contributed by atoms with Crippen molar-refractivity contribution >= 4 is 17.2 Å². The van der Waals surface area contributed by atoms with Crippen molar-refractivity contribution in [3.05, 3.63) is 59.7 Å². The molecular weight excluding hydrogens is 1060 g/mol. The van der Waals surface area contributed by atoms with Crippen LogP contribution in [0.15, 0.2) is 48.5 Å². The summed E-state index contributed by atoms with van der Waals surface area (Å²) in [5.74, 6) is 3.18. The lowest BCUT2D eigenvalue weighted by Gasteiger charge is -2.46. The van der Waals surface area contributed by atoms with Crippen LogP contribution in [0.25, 0.3) is 0 Å². The minimum Gasteiger partial charge on any atom is -0.427 e. The SMILES string of the molecule is CCCCCCCCCCCCOP(Oc1cccc(CCCCCCCCCCCC)c1)OC1CCC(C(C)(C)C2CCC(OP(OCCCCCCCCCCCC)Oc3cccc(CCCCCCCCCCCC)c3)CC2)CC1. The molecule has 0 spiro atoms. The molecule has 2 atom stereocenters. The molecule has 2 aliphatic rings. The van der Waals surface area contributed by atoms with Crippen molar-refractivity contribution < 1.29 is 27.1 Å². The highest BCUT2D eigenvalue weighted by Gasteiger charge is 2.42. The summed E-state index contributed by atoms with van der Waals surface area (Å²) in [4.78, 5) is 0. The van der Waals surface area contributed by atoms with Crippen LogP contribution >= 0.6 is 17.2 Å². The Kier molecular flexibility index (Phi) is 45.2. The van der Waals surface area contributed by atoms with Crippen molar-refractivity contribution in [3.8, 4) is 11.5 Å². The van der Waals surface area contributed by atoms with Gasteiger partial charge in [0.15, 0.2) is 0 Å². The molecule has 0 aliphatic heterocycles. The fraction of sp³-hybridized carbons (Fsp3) is 0.840. The number of rotatable bonds is 56. The van der Waals surface area contributed by atoms with E-state index in [1.807, 2.05) is 0 Å². The second-order valence-electron chi connectivity index (χ2n) is 26.8. The van der Waals surface area contributed by atoms with Gasteiger partial charge in [-0.15, -0.1) is 0 Å². The van der Waals surface area contributed by atoms with Crippen molar-refractivity contribution in [2.24, 2.45) is 17.3 Å². The van der Waals surface area contributed by atoms with Crippen LogP contribution in [0.2, 0.25) is 0 Å². The number of unbranched alkanes of at least 4 members (excludes halogenated alkanes) is 36. The van der Waals surface area contributed by atoms with E-state index in [0.29, 0.717) is 25.0 Å². The van der Waals surface area contributed by atoms with Crippen LogP contribution in [0, 0.1) is 17.3 Å². The van der Waals surface area contributed by atoms with E-state index in [1.165, 1.54) is 281 Å². The zero-order chi connectivity index (χ0) is 58.9. The minimum absolute atomic E-state index is 0.180. The summed E-state index contributed by atoms with van der Waals surface area (Å²) in [6, 6.07) is 17.6. The molecule has 6 nitrogen and oxygen atoms in total. The molecule has 8 heteroatoms. The largest absolute Gasteiger partial charge is 0.427 e. The smallest absolute Gasteiger partial charge is 0.397 e. The van der Waals surface area contributed by atoms with E-state index < -0.39 is 17.2 Å². The summed E-state index contributed by atoms with van der Waals surface area (Å²) in [6.45, 7) is 15.8. The first-order valence-corrected chi connectivity index (χ1v) is 38.8. The standard InChI is InChI=1S/C75H134O6P2/c1-7-11-15-19-23-27-31-35-39-43-49-67-51-47-53-73(65-67)80-82(76-63-45-41-37-33-29-25-21-17-13-9-3)78-71-59-55-69(56-60-71)75(5,6)70-57-61-72(62-58-70)79-83(77-64-46-42-38-34-30-26-22-18-14-10-4)81-74-54-48-52-68(66-74)50-44-40-36-32-28-24-20-16-12-8-2/h47-48,51-54,65-66,69-72H,7-46,49-50,55-64H2,1-6H3. The van der Waals surface area contributed by atoms with E-state index in [2.05, 4.69) is 90.1 Å². The molecule has 2 fully saturated rings. The fourth-order valence-electron chi connectivity index (χ4n) is 13.3. The van der Waals surface area contributed by atoms with Crippen LogP contribution in [0.5, 0.6) is 11.5 Å². The van der Waals surface area contributed by atoms with E-state index in [1.54, 1.807) is 0 Å². The molecule has 2 saturated carbocycles. The van der Waals surface area contributed by atoms with Crippen molar-refractivity contribution in [2.45, 2.75) is 375 Å². The van der Waals surface area contributed by atoms with Gasteiger partial charge in [0.2, 0.25) is 0 Å². The molecule has 2 aromatic rings. The Labute approximate surface area is 518 Å². The zero-order valence-corrected chi connectivity index (χ0v) is 57.3. The second kappa shape index (κ2) is 50.6. The number of benzene rings is 2. The van der Waals surface area contributed by atoms with Crippen molar-refractivity contribution in [3.63, 3.8) is 0 Å². The Balaban J connectivity index is 1.25. The molecule has 0 bridgehead atoms. The van der Waals surface area contributed by atoms with Crippen LogP contribution in [0.4, 0.5) is 0 Å². The van der Waals surface area contributed by atoms with E-state index >= 15 is 0 Å². The second-order valence-corrected chi connectivity index (χ2v) is 29.0. The quantitative estimate of drug-likeness (QED) is 0.0486. The van der Waals surface area contributed by atoms with E-state index in [4.69, 9.17) is 27.1 Å². The molecule has 0 heterocycles. The maximum absolute atomic E-state index is 6.90. The zero-order valence-electron chi connectivity index (χ0n) is 55.5. The fourth-order valence-corrected chi connectivity index (χ4v) is 15.7. The Morgan fingerprint density at radius 3 is 0.892 bits per heavy atom. The predicted octanol–water partition coefficient (Wildman–Crippen LogP) is 26.6. The van der Waals surface area contributed by atoms with Crippen molar-refractivity contribution in [1.82, 2.24) is 0 Å². The van der Waals surface area contributed by atoms with Gasteiger partial charge in [0, 0.05) is 0 Å². The molecule has 0 radical (unpaired) electrons. The third-order valence-corrected chi connectivity index (χ3v) is 21.6. The third-order valence-electron chi connectivity index (χ3n) is 19.1. The van der Waals surface area contributed by atoms with Gasteiger partial charge in [0.05, 0.1) is 25.4 Å². The highest BCUT2D eigenvalue weighted by Crippen LogP contribution is 2.53. The van der Waals surface area contributed by atoms with Gasteiger partial charge in [-0.3, -0.25) is 9.05 Å². The molecule has 0 amide bonds. The molecule has 480 valence electrons. The summed E-state index contributed by atoms with van der Waals surface area (Å²) in [6.07, 6.45) is 65.4. The first kappa shape index (κ1) is 74.2. The maximum atomic E-state index is 6.90. The molecule has 0 N–H and O–H groups in total. The molecule has 83 heavy (non-hydrogen) atoms. The Morgan fingerprint density at radius 2 is 0.602 bits per heavy atom. The van der Waals surface area contributed by atoms with Gasteiger partial charge in [-0.25, -0.2) is 0 Å². The van der Waals surface area contributed by atoms with Gasteiger partial charge in [0.1, 0.15) is 11.5 Å². The van der Waals surface area contributed by atoms with Gasteiger partial charge in [-0.05, 0) is 143 Å². The number of hydrogen-bond donors (Lipinski definition) is 0. The van der Waals surface area contributed by atoms with E-state index in [-0.39, 0.29) is 17.6 Å². The maximum Gasteiger partial charge on any atom is 0.397 e. The van der Waals surface area contributed by atoms with Crippen LogP contribution in [0.3, 0.4) is 0 Å². The van der Waals surface area contributed by atoms with Crippen LogP contribution in [-0.2, 0) is 30.9 Å². The van der Waals surface area contributed by atoms with Gasteiger partial charge in [-0.2, -0.15) is 0 Å². The van der Waals surface area contributed by atoms with E-state index in [0.717, 1.165) is 62.9 Å². The lowest BCUT2D eigenvalue weighted by molar-refractivity contribution is 0.00601. The molecular formula is C75H134O6P2. The monoisotopic (exact) mass is 1190 g/mol. The van der Waals surface area contributed by atoms with E-state index in [9.17, 15) is 0 Å². The molecule has 2 unspecified atom stereocenters. The lowest BCUT2D eigenvalue weighted by atomic mass is 9.60. The predicted molar refractivity (Wildman–Crippen MR) is 362 cm³/mol. The summed E-state index contributed by atoms with van der Waals surface area (Å²) in [7, 11) is -2.95. The topological polar surface area (TPSA) is 55.4 Å². The van der Waals surface area contributed by atoms with Gasteiger partial charge >= 0.3 is 17.2 Å².